The third kappa shape index (κ3) is 5.30. The molecular formula is C26H36N2O4. The van der Waals surface area contributed by atoms with Crippen molar-refractivity contribution in [2.75, 3.05) is 13.1 Å². The van der Waals surface area contributed by atoms with E-state index in [-0.39, 0.29) is 23.0 Å². The predicted octanol–water partition coefficient (Wildman–Crippen LogP) is 3.66. The van der Waals surface area contributed by atoms with Crippen molar-refractivity contribution >= 4 is 0 Å². The molecule has 0 aromatic heterocycles. The first-order valence-electron chi connectivity index (χ1n) is 12.0. The first kappa shape index (κ1) is 22.7. The topological polar surface area (TPSA) is 105 Å². The molecule has 6 heteroatoms. The summed E-state index contributed by atoms with van der Waals surface area (Å²) in [6, 6.07) is 7.94. The normalized spacial score (nSPS) is 20.0. The monoisotopic (exact) mass is 440 g/mol. The van der Waals surface area contributed by atoms with E-state index < -0.39 is 0 Å². The highest BCUT2D eigenvalue weighted by Gasteiger charge is 2.23. The fourth-order valence-corrected chi connectivity index (χ4v) is 5.21. The highest BCUT2D eigenvalue weighted by Crippen LogP contribution is 2.36. The van der Waals surface area contributed by atoms with Gasteiger partial charge in [-0.2, -0.15) is 0 Å². The second kappa shape index (κ2) is 10.5. The van der Waals surface area contributed by atoms with Gasteiger partial charge in [-0.05, 0) is 87.7 Å². The second-order valence-corrected chi connectivity index (χ2v) is 9.34. The molecule has 0 saturated heterocycles. The van der Waals surface area contributed by atoms with Crippen LogP contribution in [0.3, 0.4) is 0 Å². The van der Waals surface area contributed by atoms with Crippen LogP contribution in [0.25, 0.3) is 0 Å². The Morgan fingerprint density at radius 2 is 1.06 bits per heavy atom. The number of nitrogens with one attached hydrogen (secondary N) is 2. The summed E-state index contributed by atoms with van der Waals surface area (Å²) in [5, 5.41) is 46.6. The number of unbranched alkanes of at least 4 members (excludes halogenated alkanes) is 3. The molecule has 2 atom stereocenters. The Bertz CT molecular complexity index is 855. The van der Waals surface area contributed by atoms with E-state index in [0.717, 1.165) is 73.9 Å². The molecule has 174 valence electrons. The fraction of sp³-hybridized carbons (Fsp3) is 0.538. The van der Waals surface area contributed by atoms with Crippen molar-refractivity contribution in [1.29, 1.82) is 0 Å². The average molecular weight is 441 g/mol. The van der Waals surface area contributed by atoms with Crippen molar-refractivity contribution in [3.05, 3.63) is 46.5 Å². The molecule has 0 saturated carbocycles. The highest BCUT2D eigenvalue weighted by molar-refractivity contribution is 5.51. The summed E-state index contributed by atoms with van der Waals surface area (Å²) in [7, 11) is 0. The van der Waals surface area contributed by atoms with Crippen LogP contribution in [0.4, 0.5) is 0 Å². The van der Waals surface area contributed by atoms with Crippen molar-refractivity contribution in [3.8, 4) is 23.0 Å². The lowest BCUT2D eigenvalue weighted by Gasteiger charge is -2.26. The first-order chi connectivity index (χ1) is 15.5. The maximum atomic E-state index is 10.00. The van der Waals surface area contributed by atoms with Crippen molar-refractivity contribution in [2.45, 2.75) is 76.3 Å². The number of rotatable bonds is 9. The number of phenolic OH excluding ortho intramolecular Hbond substituents is 4. The van der Waals surface area contributed by atoms with Crippen molar-refractivity contribution in [2.24, 2.45) is 0 Å². The molecule has 0 bridgehead atoms. The van der Waals surface area contributed by atoms with Gasteiger partial charge < -0.3 is 31.1 Å². The number of aromatic hydroxyl groups is 4. The maximum absolute atomic E-state index is 10.00. The minimum absolute atomic E-state index is 0.0162. The summed E-state index contributed by atoms with van der Waals surface area (Å²) >= 11 is 0. The molecule has 0 aliphatic heterocycles. The van der Waals surface area contributed by atoms with Gasteiger partial charge in [0.25, 0.3) is 0 Å². The molecule has 0 spiro atoms. The Balaban J connectivity index is 1.07. The summed E-state index contributed by atoms with van der Waals surface area (Å²) in [6.07, 6.45) is 10.2. The third-order valence-corrected chi connectivity index (χ3v) is 7.10. The third-order valence-electron chi connectivity index (χ3n) is 7.10. The van der Waals surface area contributed by atoms with Gasteiger partial charge in [-0.3, -0.25) is 0 Å². The fourth-order valence-electron chi connectivity index (χ4n) is 5.21. The largest absolute Gasteiger partial charge is 0.504 e. The molecule has 0 fully saturated rings. The molecule has 2 aliphatic rings. The molecule has 4 rings (SSSR count). The minimum atomic E-state index is -0.0162. The van der Waals surface area contributed by atoms with Crippen LogP contribution in [0, 0.1) is 0 Å². The molecule has 0 radical (unpaired) electrons. The van der Waals surface area contributed by atoms with Crippen LogP contribution >= 0.6 is 0 Å². The Morgan fingerprint density at radius 1 is 0.625 bits per heavy atom. The minimum Gasteiger partial charge on any atom is -0.504 e. The molecule has 2 aromatic carbocycles. The SMILES string of the molecule is Oc1ccc2c(c1O)CCC(NCCCCCCNC1CCc3c(ccc(O)c3O)C1)C2. The molecule has 0 amide bonds. The van der Waals surface area contributed by atoms with E-state index in [1.54, 1.807) is 12.1 Å². The highest BCUT2D eigenvalue weighted by atomic mass is 16.3. The first-order valence-corrected chi connectivity index (χ1v) is 12.0. The second-order valence-electron chi connectivity index (χ2n) is 9.34. The quantitative estimate of drug-likeness (QED) is 0.263. The average Bonchev–Trinajstić information content (AvgIpc) is 2.80. The zero-order valence-corrected chi connectivity index (χ0v) is 18.7. The van der Waals surface area contributed by atoms with E-state index in [0.29, 0.717) is 12.1 Å². The molecular weight excluding hydrogens is 404 g/mol. The molecule has 2 aliphatic carbocycles. The van der Waals surface area contributed by atoms with Crippen molar-refractivity contribution in [1.82, 2.24) is 10.6 Å². The number of fused-ring (bicyclic) bond motifs is 2. The van der Waals surface area contributed by atoms with Gasteiger partial charge in [-0.1, -0.05) is 25.0 Å². The van der Waals surface area contributed by atoms with E-state index in [2.05, 4.69) is 10.6 Å². The van der Waals surface area contributed by atoms with E-state index in [4.69, 9.17) is 0 Å². The number of benzene rings is 2. The molecule has 32 heavy (non-hydrogen) atoms. The zero-order valence-electron chi connectivity index (χ0n) is 18.7. The van der Waals surface area contributed by atoms with Gasteiger partial charge in [0.1, 0.15) is 0 Å². The number of phenols is 4. The van der Waals surface area contributed by atoms with Crippen LogP contribution in [-0.2, 0) is 25.7 Å². The Morgan fingerprint density at radius 3 is 1.50 bits per heavy atom. The molecule has 2 aromatic rings. The predicted molar refractivity (Wildman–Crippen MR) is 126 cm³/mol. The van der Waals surface area contributed by atoms with Gasteiger partial charge in [0.2, 0.25) is 0 Å². The number of hydrogen-bond acceptors (Lipinski definition) is 6. The molecule has 2 unspecified atom stereocenters. The van der Waals surface area contributed by atoms with Gasteiger partial charge in [0.05, 0.1) is 0 Å². The van der Waals surface area contributed by atoms with E-state index in [1.165, 1.54) is 25.7 Å². The maximum Gasteiger partial charge on any atom is 0.160 e. The van der Waals surface area contributed by atoms with Gasteiger partial charge >= 0.3 is 0 Å². The lowest BCUT2D eigenvalue weighted by molar-refractivity contribution is 0.386. The van der Waals surface area contributed by atoms with Crippen molar-refractivity contribution in [3.63, 3.8) is 0 Å². The van der Waals surface area contributed by atoms with E-state index in [1.807, 2.05) is 12.1 Å². The van der Waals surface area contributed by atoms with Gasteiger partial charge in [0, 0.05) is 23.2 Å². The van der Waals surface area contributed by atoms with Crippen molar-refractivity contribution < 1.29 is 20.4 Å². The molecule has 6 nitrogen and oxygen atoms in total. The van der Waals surface area contributed by atoms with Crippen LogP contribution < -0.4 is 10.6 Å². The smallest absolute Gasteiger partial charge is 0.160 e. The summed E-state index contributed by atoms with van der Waals surface area (Å²) in [4.78, 5) is 0. The van der Waals surface area contributed by atoms with E-state index in [9.17, 15) is 20.4 Å². The number of hydrogen-bond donors (Lipinski definition) is 6. The Kier molecular flexibility index (Phi) is 7.43. The summed E-state index contributed by atoms with van der Waals surface area (Å²) in [6.45, 7) is 2.04. The van der Waals surface area contributed by atoms with Gasteiger partial charge in [0.15, 0.2) is 23.0 Å². The van der Waals surface area contributed by atoms with E-state index >= 15 is 0 Å². The standard InChI is InChI=1S/C26H36N2O4/c29-23-11-5-17-15-19(7-9-21(17)25(23)31)27-13-3-1-2-4-14-28-20-8-10-22-18(16-20)6-12-24(30)26(22)32/h5-6,11-12,19-20,27-32H,1-4,7-10,13-16H2. The van der Waals surface area contributed by atoms with Gasteiger partial charge in [-0.25, -0.2) is 0 Å². The summed E-state index contributed by atoms with van der Waals surface area (Å²) in [5.41, 5.74) is 4.11. The zero-order chi connectivity index (χ0) is 22.5. The van der Waals surface area contributed by atoms with Gasteiger partial charge in [-0.15, -0.1) is 0 Å². The van der Waals surface area contributed by atoms with Crippen LogP contribution in [0.15, 0.2) is 24.3 Å². The van der Waals surface area contributed by atoms with Crippen LogP contribution in [0.5, 0.6) is 23.0 Å². The van der Waals surface area contributed by atoms with Crippen LogP contribution in [-0.4, -0.2) is 45.6 Å². The molecule has 0 heterocycles. The summed E-state index contributed by atoms with van der Waals surface area (Å²) < 4.78 is 0. The lowest BCUT2D eigenvalue weighted by atomic mass is 9.87. The Hall–Kier alpha value is -2.44. The lowest BCUT2D eigenvalue weighted by Crippen LogP contribution is -2.35. The molecule has 6 N–H and O–H groups in total. The van der Waals surface area contributed by atoms with Crippen LogP contribution in [0.2, 0.25) is 0 Å². The Labute approximate surface area is 190 Å². The van der Waals surface area contributed by atoms with Crippen LogP contribution in [0.1, 0.15) is 60.8 Å². The summed E-state index contributed by atoms with van der Waals surface area (Å²) in [5.74, 6) is 0.0870.